The average molecular weight is 142 g/mol. The molecule has 0 aromatic carbocycles. The van der Waals surface area contributed by atoms with Crippen molar-refractivity contribution >= 4 is 5.91 Å². The molecule has 0 fully saturated rings. The van der Waals surface area contributed by atoms with Crippen LogP contribution in [0.5, 0.6) is 0 Å². The number of aliphatic hydroxyl groups excluding tert-OH is 1. The monoisotopic (exact) mass is 142 g/mol. The van der Waals surface area contributed by atoms with Crippen molar-refractivity contribution in [3.05, 3.63) is 11.6 Å². The van der Waals surface area contributed by atoms with Crippen LogP contribution in [-0.2, 0) is 4.79 Å². The van der Waals surface area contributed by atoms with Crippen molar-refractivity contribution in [3.8, 4) is 0 Å². The number of carbonyl (C=O) groups is 1. The van der Waals surface area contributed by atoms with Crippen LogP contribution in [0.2, 0.25) is 0 Å². The van der Waals surface area contributed by atoms with Crippen molar-refractivity contribution in [2.45, 2.75) is 6.42 Å². The lowest BCUT2D eigenvalue weighted by atomic mass is 10.4. The quantitative estimate of drug-likeness (QED) is 0.533. The predicted molar refractivity (Wildman–Crippen MR) is 36.1 cm³/mol. The fourth-order valence-corrected chi connectivity index (χ4v) is 0.870. The van der Waals surface area contributed by atoms with E-state index >= 15 is 0 Å². The first-order valence-electron chi connectivity index (χ1n) is 3.03. The van der Waals surface area contributed by atoms with Crippen LogP contribution in [0.3, 0.4) is 0 Å². The summed E-state index contributed by atoms with van der Waals surface area (Å²) in [6.45, 7) is 0. The summed E-state index contributed by atoms with van der Waals surface area (Å²) in [4.78, 5) is 12.1. The van der Waals surface area contributed by atoms with Crippen LogP contribution in [0.1, 0.15) is 6.42 Å². The van der Waals surface area contributed by atoms with Gasteiger partial charge in [0.1, 0.15) is 0 Å². The molecule has 0 unspecified atom stereocenters. The van der Waals surface area contributed by atoms with E-state index in [1.165, 1.54) is 4.90 Å². The number of nitrogens with zero attached hydrogens (tertiary/aromatic N) is 1. The van der Waals surface area contributed by atoms with E-state index in [9.17, 15) is 4.79 Å². The molecule has 2 N–H and O–H groups in total. The molecule has 4 heteroatoms. The number of nitrogens with one attached hydrogen (secondary N) is 1. The molecular formula is C6H10N2O2. The van der Waals surface area contributed by atoms with E-state index in [1.54, 1.807) is 14.1 Å². The molecule has 1 heterocycles. The van der Waals surface area contributed by atoms with Gasteiger partial charge in [-0.15, -0.1) is 0 Å². The Kier molecular flexibility index (Phi) is 1.53. The van der Waals surface area contributed by atoms with Gasteiger partial charge in [-0.1, -0.05) is 0 Å². The maximum atomic E-state index is 10.8. The van der Waals surface area contributed by atoms with Crippen LogP contribution in [0, 0.1) is 0 Å². The number of amides is 1. The van der Waals surface area contributed by atoms with Crippen molar-refractivity contribution in [3.63, 3.8) is 0 Å². The zero-order valence-corrected chi connectivity index (χ0v) is 6.01. The Morgan fingerprint density at radius 3 is 2.50 bits per heavy atom. The standard InChI is InChI=1S/C6H10N2O2/c1-7-4-3-5(9)8(2)6(4)10/h7,10H,3H2,1-2H3. The average Bonchev–Trinajstić information content (AvgIpc) is 2.17. The second-order valence-electron chi connectivity index (χ2n) is 2.18. The summed E-state index contributed by atoms with van der Waals surface area (Å²) in [6, 6.07) is 0. The predicted octanol–water partition coefficient (Wildman–Crippen LogP) is -0.205. The largest absolute Gasteiger partial charge is 0.493 e. The highest BCUT2D eigenvalue weighted by Crippen LogP contribution is 2.16. The van der Waals surface area contributed by atoms with Crippen LogP contribution in [0.25, 0.3) is 0 Å². The molecule has 4 nitrogen and oxygen atoms in total. The zero-order chi connectivity index (χ0) is 7.72. The summed E-state index contributed by atoms with van der Waals surface area (Å²) in [7, 11) is 3.22. The third-order valence-electron chi connectivity index (χ3n) is 1.59. The SMILES string of the molecule is CNC1=C(O)N(C)C(=O)C1. The van der Waals surface area contributed by atoms with Gasteiger partial charge < -0.3 is 10.4 Å². The molecule has 0 aromatic rings. The van der Waals surface area contributed by atoms with E-state index < -0.39 is 0 Å². The Balaban J connectivity index is 2.83. The summed E-state index contributed by atoms with van der Waals surface area (Å²) in [5.74, 6) is -0.0469. The van der Waals surface area contributed by atoms with Crippen LogP contribution in [0.15, 0.2) is 11.6 Å². The normalized spacial score (nSPS) is 18.6. The molecule has 10 heavy (non-hydrogen) atoms. The van der Waals surface area contributed by atoms with E-state index in [1.807, 2.05) is 0 Å². The topological polar surface area (TPSA) is 52.6 Å². The van der Waals surface area contributed by atoms with Gasteiger partial charge in [-0.05, 0) is 0 Å². The van der Waals surface area contributed by atoms with Gasteiger partial charge in [-0.25, -0.2) is 0 Å². The molecule has 1 aliphatic rings. The molecule has 0 saturated carbocycles. The zero-order valence-electron chi connectivity index (χ0n) is 6.01. The molecule has 0 spiro atoms. The molecule has 0 bridgehead atoms. The van der Waals surface area contributed by atoms with Gasteiger partial charge in [-0.2, -0.15) is 0 Å². The van der Waals surface area contributed by atoms with Crippen molar-refractivity contribution in [1.82, 2.24) is 10.2 Å². The molecular weight excluding hydrogens is 132 g/mol. The second kappa shape index (κ2) is 2.21. The summed E-state index contributed by atoms with van der Waals surface area (Å²) >= 11 is 0. The molecule has 1 aliphatic heterocycles. The highest BCUT2D eigenvalue weighted by atomic mass is 16.3. The van der Waals surface area contributed by atoms with Gasteiger partial charge in [-0.3, -0.25) is 9.69 Å². The van der Waals surface area contributed by atoms with Gasteiger partial charge in [0.2, 0.25) is 11.8 Å². The molecule has 1 amide bonds. The molecule has 56 valence electrons. The van der Waals surface area contributed by atoms with Crippen LogP contribution in [0.4, 0.5) is 0 Å². The van der Waals surface area contributed by atoms with Gasteiger partial charge in [0, 0.05) is 14.1 Å². The van der Waals surface area contributed by atoms with E-state index in [-0.39, 0.29) is 18.2 Å². The highest BCUT2D eigenvalue weighted by Gasteiger charge is 2.25. The number of hydrogen-bond donors (Lipinski definition) is 2. The van der Waals surface area contributed by atoms with E-state index in [0.717, 1.165) is 0 Å². The number of aliphatic hydroxyl groups is 1. The summed E-state index contributed by atoms with van der Waals surface area (Å²) < 4.78 is 0. The molecule has 0 saturated heterocycles. The second-order valence-corrected chi connectivity index (χ2v) is 2.18. The van der Waals surface area contributed by atoms with Crippen molar-refractivity contribution < 1.29 is 9.90 Å². The van der Waals surface area contributed by atoms with Crippen molar-refractivity contribution in [2.75, 3.05) is 14.1 Å². The highest BCUT2D eigenvalue weighted by molar-refractivity contribution is 5.83. The van der Waals surface area contributed by atoms with Crippen LogP contribution < -0.4 is 5.32 Å². The molecule has 0 atom stereocenters. The minimum absolute atomic E-state index is 0.0347. The van der Waals surface area contributed by atoms with Gasteiger partial charge in [0.25, 0.3) is 0 Å². The molecule has 0 aromatic heterocycles. The first kappa shape index (κ1) is 6.92. The first-order chi connectivity index (χ1) is 4.66. The first-order valence-corrected chi connectivity index (χ1v) is 3.03. The maximum absolute atomic E-state index is 10.8. The fourth-order valence-electron chi connectivity index (χ4n) is 0.870. The van der Waals surface area contributed by atoms with Crippen molar-refractivity contribution in [2.24, 2.45) is 0 Å². The number of rotatable bonds is 1. The summed E-state index contributed by atoms with van der Waals surface area (Å²) in [5.41, 5.74) is 0.590. The third kappa shape index (κ3) is 0.814. The third-order valence-corrected chi connectivity index (χ3v) is 1.59. The summed E-state index contributed by atoms with van der Waals surface area (Å²) in [5, 5.41) is 11.9. The van der Waals surface area contributed by atoms with Gasteiger partial charge in [0.15, 0.2) is 0 Å². The maximum Gasteiger partial charge on any atom is 0.235 e. The molecule has 1 rings (SSSR count). The van der Waals surface area contributed by atoms with E-state index in [2.05, 4.69) is 5.32 Å². The van der Waals surface area contributed by atoms with Crippen LogP contribution >= 0.6 is 0 Å². The number of hydrogen-bond acceptors (Lipinski definition) is 3. The smallest absolute Gasteiger partial charge is 0.235 e. The Morgan fingerprint density at radius 2 is 2.30 bits per heavy atom. The Labute approximate surface area is 59.1 Å². The lowest BCUT2D eigenvalue weighted by Crippen LogP contribution is -2.19. The molecule has 0 aliphatic carbocycles. The minimum atomic E-state index is -0.0816. The Hall–Kier alpha value is -1.19. The van der Waals surface area contributed by atoms with E-state index in [4.69, 9.17) is 5.11 Å². The minimum Gasteiger partial charge on any atom is -0.493 e. The summed E-state index contributed by atoms with van der Waals surface area (Å²) in [6.07, 6.45) is 0.277. The van der Waals surface area contributed by atoms with Gasteiger partial charge in [0.05, 0.1) is 12.1 Å². The van der Waals surface area contributed by atoms with Gasteiger partial charge >= 0.3 is 0 Å². The van der Waals surface area contributed by atoms with Crippen molar-refractivity contribution in [1.29, 1.82) is 0 Å². The Morgan fingerprint density at radius 1 is 1.70 bits per heavy atom. The van der Waals surface area contributed by atoms with E-state index in [0.29, 0.717) is 5.70 Å². The number of carbonyl (C=O) groups excluding carboxylic acids is 1. The lowest BCUT2D eigenvalue weighted by Gasteiger charge is -2.06. The fraction of sp³-hybridized carbons (Fsp3) is 0.500. The lowest BCUT2D eigenvalue weighted by molar-refractivity contribution is -0.127. The Bertz CT molecular complexity index is 198. The van der Waals surface area contributed by atoms with Crippen LogP contribution in [-0.4, -0.2) is 30.0 Å². The molecule has 0 radical (unpaired) electrons.